The van der Waals surface area contributed by atoms with E-state index in [4.69, 9.17) is 4.74 Å². The second-order valence-corrected chi connectivity index (χ2v) is 10.6. The second kappa shape index (κ2) is 11.4. The molecule has 0 aliphatic carbocycles. The molecule has 6 nitrogen and oxygen atoms in total. The topological polar surface area (TPSA) is 61.9 Å². The van der Waals surface area contributed by atoms with Crippen LogP contribution in [0.2, 0.25) is 0 Å². The lowest BCUT2D eigenvalue weighted by Gasteiger charge is -2.34. The van der Waals surface area contributed by atoms with Crippen molar-refractivity contribution in [3.8, 4) is 16.9 Å². The normalized spacial score (nSPS) is 19.3. The van der Waals surface area contributed by atoms with Crippen molar-refractivity contribution in [1.82, 2.24) is 15.1 Å². The van der Waals surface area contributed by atoms with Gasteiger partial charge in [0.15, 0.2) is 0 Å². The lowest BCUT2D eigenvalue weighted by Crippen LogP contribution is -2.44. The summed E-state index contributed by atoms with van der Waals surface area (Å²) < 4.78 is 19.9. The molecular formula is C29H38FN3O3. The molecule has 4 rings (SSSR count). The van der Waals surface area contributed by atoms with Gasteiger partial charge in [-0.3, -0.25) is 9.59 Å². The van der Waals surface area contributed by atoms with Crippen LogP contribution in [0, 0.1) is 5.92 Å². The number of alkyl halides is 1. The van der Waals surface area contributed by atoms with Gasteiger partial charge >= 0.3 is 0 Å². The third-order valence-corrected chi connectivity index (χ3v) is 7.17. The molecule has 7 heteroatoms. The van der Waals surface area contributed by atoms with Gasteiger partial charge in [-0.1, -0.05) is 24.3 Å². The first-order valence-corrected chi connectivity index (χ1v) is 13.0. The van der Waals surface area contributed by atoms with E-state index in [1.54, 1.807) is 25.8 Å². The number of hydrogen-bond donors (Lipinski definition) is 1. The summed E-state index contributed by atoms with van der Waals surface area (Å²) in [6, 6.07) is 15.2. The maximum absolute atomic E-state index is 13.9. The highest BCUT2D eigenvalue weighted by Gasteiger charge is 2.34. The molecule has 36 heavy (non-hydrogen) atoms. The van der Waals surface area contributed by atoms with E-state index in [1.807, 2.05) is 48.5 Å². The number of nitrogens with one attached hydrogen (secondary N) is 1. The van der Waals surface area contributed by atoms with Gasteiger partial charge in [-0.05, 0) is 93.9 Å². The van der Waals surface area contributed by atoms with Gasteiger partial charge in [0.2, 0.25) is 5.91 Å². The molecule has 2 amide bonds. The second-order valence-electron chi connectivity index (χ2n) is 10.6. The fourth-order valence-corrected chi connectivity index (χ4v) is 5.22. The fraction of sp³-hybridized carbons (Fsp3) is 0.517. The predicted molar refractivity (Wildman–Crippen MR) is 140 cm³/mol. The van der Waals surface area contributed by atoms with Gasteiger partial charge in [0.1, 0.15) is 17.5 Å². The Bertz CT molecular complexity index is 1030. The zero-order valence-electron chi connectivity index (χ0n) is 21.6. The monoisotopic (exact) mass is 495 g/mol. The average Bonchev–Trinajstić information content (AvgIpc) is 3.37. The Morgan fingerprint density at radius 2 is 1.58 bits per heavy atom. The maximum Gasteiger partial charge on any atom is 0.254 e. The molecule has 2 aliphatic rings. The van der Waals surface area contributed by atoms with Gasteiger partial charge in [0, 0.05) is 25.7 Å². The number of likely N-dealkylation sites (tertiary alicyclic amines) is 2. The smallest absolute Gasteiger partial charge is 0.254 e. The molecule has 2 heterocycles. The minimum atomic E-state index is -1.15. The number of carbonyl (C=O) groups is 2. The largest absolute Gasteiger partial charge is 0.493 e. The number of amides is 2. The lowest BCUT2D eigenvalue weighted by molar-refractivity contribution is -0.124. The number of benzene rings is 2. The Labute approximate surface area is 213 Å². The van der Waals surface area contributed by atoms with Crippen molar-refractivity contribution < 1.29 is 18.7 Å². The molecule has 0 unspecified atom stereocenters. The van der Waals surface area contributed by atoms with Gasteiger partial charge in [0.05, 0.1) is 6.61 Å². The molecule has 2 fully saturated rings. The van der Waals surface area contributed by atoms with Gasteiger partial charge in [-0.2, -0.15) is 0 Å². The lowest BCUT2D eigenvalue weighted by atomic mass is 9.97. The first kappa shape index (κ1) is 26.1. The van der Waals surface area contributed by atoms with Crippen LogP contribution in [0.25, 0.3) is 11.1 Å². The summed E-state index contributed by atoms with van der Waals surface area (Å²) in [6.07, 6.45) is 3.60. The van der Waals surface area contributed by atoms with Crippen molar-refractivity contribution in [2.75, 3.05) is 39.8 Å². The molecule has 1 atom stereocenters. The van der Waals surface area contributed by atoms with Crippen LogP contribution in [-0.2, 0) is 4.79 Å². The van der Waals surface area contributed by atoms with Crippen LogP contribution in [0.4, 0.5) is 4.39 Å². The zero-order valence-corrected chi connectivity index (χ0v) is 21.6. The van der Waals surface area contributed by atoms with Crippen LogP contribution in [0.3, 0.4) is 0 Å². The van der Waals surface area contributed by atoms with E-state index in [-0.39, 0.29) is 17.9 Å². The zero-order chi connectivity index (χ0) is 25.7. The Kier molecular flexibility index (Phi) is 8.29. The van der Waals surface area contributed by atoms with Crippen molar-refractivity contribution in [3.63, 3.8) is 0 Å². The van der Waals surface area contributed by atoms with E-state index in [0.29, 0.717) is 37.6 Å². The van der Waals surface area contributed by atoms with Crippen LogP contribution in [0.15, 0.2) is 48.5 Å². The first-order chi connectivity index (χ1) is 17.2. The molecule has 0 aromatic heterocycles. The summed E-state index contributed by atoms with van der Waals surface area (Å²) in [7, 11) is 1.61. The Balaban J connectivity index is 1.28. The van der Waals surface area contributed by atoms with E-state index in [2.05, 4.69) is 10.2 Å². The molecule has 0 spiro atoms. The predicted octanol–water partition coefficient (Wildman–Crippen LogP) is 4.54. The maximum atomic E-state index is 13.9. The highest BCUT2D eigenvalue weighted by atomic mass is 19.1. The van der Waals surface area contributed by atoms with Gasteiger partial charge in [-0.15, -0.1) is 0 Å². The van der Waals surface area contributed by atoms with Crippen LogP contribution >= 0.6 is 0 Å². The molecule has 2 aromatic carbocycles. The molecule has 2 aliphatic heterocycles. The quantitative estimate of drug-likeness (QED) is 0.584. The highest BCUT2D eigenvalue weighted by Crippen LogP contribution is 2.26. The summed E-state index contributed by atoms with van der Waals surface area (Å²) in [4.78, 5) is 28.9. The van der Waals surface area contributed by atoms with Crippen LogP contribution in [-0.4, -0.2) is 73.2 Å². The van der Waals surface area contributed by atoms with Crippen molar-refractivity contribution >= 4 is 11.8 Å². The van der Waals surface area contributed by atoms with Gasteiger partial charge < -0.3 is 19.9 Å². The molecule has 0 saturated carbocycles. The Morgan fingerprint density at radius 3 is 2.17 bits per heavy atom. The number of nitrogens with zero attached hydrogens (tertiary/aromatic N) is 2. The number of carbonyl (C=O) groups excluding carboxylic acids is 2. The third kappa shape index (κ3) is 6.64. The summed E-state index contributed by atoms with van der Waals surface area (Å²) in [5, 5.41) is 2.66. The number of halogens is 1. The van der Waals surface area contributed by atoms with Gasteiger partial charge in [-0.25, -0.2) is 4.39 Å². The van der Waals surface area contributed by atoms with E-state index >= 15 is 0 Å². The highest BCUT2D eigenvalue weighted by molar-refractivity contribution is 5.98. The third-order valence-electron chi connectivity index (χ3n) is 7.17. The molecule has 0 bridgehead atoms. The average molecular weight is 496 g/mol. The summed E-state index contributed by atoms with van der Waals surface area (Å²) >= 11 is 0. The number of ether oxygens (including phenoxy) is 1. The SMILES string of the molecule is CNC(=O)[C@H]1CCCN1C(=O)c1ccc(-c2ccc(OCC3CCN(CC(C)(C)F)CC3)cc2)cc1. The van der Waals surface area contributed by atoms with Crippen molar-refractivity contribution in [2.24, 2.45) is 5.92 Å². The van der Waals surface area contributed by atoms with Crippen LogP contribution in [0.5, 0.6) is 5.75 Å². The Hall–Kier alpha value is -2.93. The first-order valence-electron chi connectivity index (χ1n) is 13.0. The number of likely N-dealkylation sites (N-methyl/N-ethyl adjacent to an activating group) is 1. The molecule has 0 radical (unpaired) electrons. The number of piperidine rings is 1. The molecule has 2 saturated heterocycles. The molecular weight excluding hydrogens is 457 g/mol. The standard InChI is InChI=1S/C29H38FN3O3/c1-29(2,30)20-32-17-14-21(15-18-32)19-36-25-12-10-23(11-13-25)22-6-8-24(9-7-22)28(35)33-16-4-5-26(33)27(34)31-3/h6-13,21,26H,4-5,14-20H2,1-3H3,(H,31,34)/t26-/m1/s1. The molecule has 2 aromatic rings. The van der Waals surface area contributed by atoms with Crippen molar-refractivity contribution in [2.45, 2.75) is 51.2 Å². The van der Waals surface area contributed by atoms with E-state index in [1.165, 1.54) is 0 Å². The minimum Gasteiger partial charge on any atom is -0.493 e. The van der Waals surface area contributed by atoms with Crippen molar-refractivity contribution in [3.05, 3.63) is 54.1 Å². The van der Waals surface area contributed by atoms with Gasteiger partial charge in [0.25, 0.3) is 5.91 Å². The van der Waals surface area contributed by atoms with Crippen LogP contribution in [0.1, 0.15) is 49.9 Å². The minimum absolute atomic E-state index is 0.101. The fourth-order valence-electron chi connectivity index (χ4n) is 5.22. The van der Waals surface area contributed by atoms with Crippen molar-refractivity contribution in [1.29, 1.82) is 0 Å². The van der Waals surface area contributed by atoms with E-state index < -0.39 is 5.67 Å². The Morgan fingerprint density at radius 1 is 0.972 bits per heavy atom. The summed E-state index contributed by atoms with van der Waals surface area (Å²) in [5.74, 6) is 1.13. The van der Waals surface area contributed by atoms with E-state index in [0.717, 1.165) is 49.2 Å². The van der Waals surface area contributed by atoms with Crippen LogP contribution < -0.4 is 10.1 Å². The summed E-state index contributed by atoms with van der Waals surface area (Å²) in [5.41, 5.74) is 1.51. The number of rotatable bonds is 8. The number of hydrogen-bond acceptors (Lipinski definition) is 4. The molecule has 194 valence electrons. The van der Waals surface area contributed by atoms with E-state index in [9.17, 15) is 14.0 Å². The molecule has 1 N–H and O–H groups in total. The summed E-state index contributed by atoms with van der Waals surface area (Å²) in [6.45, 7) is 6.89.